The standard InChI is InChI=1S/C29H32Cl2N6O3S/c1-29(2,25-21(30)15-20(16-22(25)31)37-28(39)33-24(38)17-32-37)27-34-26(19-7-5-4-6-8-19)23(41-27)18-36-11-9-35(10-12-36)13-14-40-3/h4-8,15-17H,9-14,18H2,1-3H3,(H,33,38,39). The molecule has 0 spiro atoms. The van der Waals surface area contributed by atoms with Crippen LogP contribution in [0.1, 0.15) is 29.3 Å². The molecule has 0 amide bonds. The van der Waals surface area contributed by atoms with Crippen LogP contribution < -0.4 is 11.2 Å². The van der Waals surface area contributed by atoms with E-state index in [1.165, 1.54) is 4.88 Å². The van der Waals surface area contributed by atoms with Gasteiger partial charge < -0.3 is 4.74 Å². The summed E-state index contributed by atoms with van der Waals surface area (Å²) in [6.07, 6.45) is 1.03. The maximum Gasteiger partial charge on any atom is 0.349 e. The average molecular weight is 616 g/mol. The number of halogens is 2. The van der Waals surface area contributed by atoms with Crippen LogP contribution in [0.4, 0.5) is 0 Å². The van der Waals surface area contributed by atoms with Crippen molar-refractivity contribution in [2.75, 3.05) is 46.4 Å². The second-order valence-electron chi connectivity index (χ2n) is 10.5. The van der Waals surface area contributed by atoms with E-state index in [-0.39, 0.29) is 0 Å². The first-order valence-corrected chi connectivity index (χ1v) is 14.9. The highest BCUT2D eigenvalue weighted by Gasteiger charge is 2.34. The third-order valence-electron chi connectivity index (χ3n) is 7.33. The summed E-state index contributed by atoms with van der Waals surface area (Å²) in [6.45, 7) is 10.6. The summed E-state index contributed by atoms with van der Waals surface area (Å²) in [5, 5.41) is 5.57. The Morgan fingerprint density at radius 1 is 1.02 bits per heavy atom. The molecule has 12 heteroatoms. The lowest BCUT2D eigenvalue weighted by Gasteiger charge is -2.34. The van der Waals surface area contributed by atoms with Crippen molar-refractivity contribution in [1.29, 1.82) is 0 Å². The molecule has 4 aromatic rings. The molecule has 1 aliphatic rings. The van der Waals surface area contributed by atoms with E-state index in [0.717, 1.165) is 73.0 Å². The van der Waals surface area contributed by atoms with Crippen LogP contribution >= 0.6 is 34.5 Å². The molecule has 1 saturated heterocycles. The average Bonchev–Trinajstić information content (AvgIpc) is 3.37. The summed E-state index contributed by atoms with van der Waals surface area (Å²) in [4.78, 5) is 37.2. The first-order chi connectivity index (χ1) is 19.7. The number of rotatable bonds is 9. The van der Waals surface area contributed by atoms with Gasteiger partial charge >= 0.3 is 5.69 Å². The number of methoxy groups -OCH3 is 1. The predicted octanol–water partition coefficient (Wildman–Crippen LogP) is 4.44. The van der Waals surface area contributed by atoms with Gasteiger partial charge in [0.25, 0.3) is 5.56 Å². The maximum atomic E-state index is 12.3. The SMILES string of the molecule is COCCN1CCN(Cc2sc(C(C)(C)c3c(Cl)cc(-n4ncc(=O)[nH]c4=O)cc3Cl)nc2-c2ccccc2)CC1. The Balaban J connectivity index is 1.48. The quantitative estimate of drug-likeness (QED) is 0.298. The molecule has 0 bridgehead atoms. The van der Waals surface area contributed by atoms with Crippen molar-refractivity contribution in [2.45, 2.75) is 25.8 Å². The van der Waals surface area contributed by atoms with Gasteiger partial charge in [-0.2, -0.15) is 9.78 Å². The Bertz CT molecular complexity index is 1600. The monoisotopic (exact) mass is 614 g/mol. The van der Waals surface area contributed by atoms with Crippen molar-refractivity contribution in [1.82, 2.24) is 29.5 Å². The van der Waals surface area contributed by atoms with E-state index in [9.17, 15) is 9.59 Å². The molecular formula is C29H32Cl2N6O3S. The van der Waals surface area contributed by atoms with E-state index in [2.05, 4.69) is 45.9 Å². The molecule has 0 atom stereocenters. The Kier molecular flexibility index (Phi) is 9.08. The van der Waals surface area contributed by atoms with E-state index in [1.807, 2.05) is 18.2 Å². The Hall–Kier alpha value is -2.86. The minimum absolute atomic E-state index is 0.357. The lowest BCUT2D eigenvalue weighted by molar-refractivity contribution is 0.0943. The molecule has 9 nitrogen and oxygen atoms in total. The predicted molar refractivity (Wildman–Crippen MR) is 164 cm³/mol. The number of piperazine rings is 1. The zero-order valence-corrected chi connectivity index (χ0v) is 25.5. The van der Waals surface area contributed by atoms with Crippen molar-refractivity contribution >= 4 is 34.5 Å². The van der Waals surface area contributed by atoms with Crippen LogP contribution in [0.5, 0.6) is 0 Å². The van der Waals surface area contributed by atoms with Crippen molar-refractivity contribution < 1.29 is 4.74 Å². The van der Waals surface area contributed by atoms with E-state index in [1.54, 1.807) is 30.6 Å². The first-order valence-electron chi connectivity index (χ1n) is 13.3. The van der Waals surface area contributed by atoms with Crippen LogP contribution in [0.25, 0.3) is 16.9 Å². The van der Waals surface area contributed by atoms with Crippen molar-refractivity contribution in [3.63, 3.8) is 0 Å². The van der Waals surface area contributed by atoms with Crippen molar-refractivity contribution in [3.8, 4) is 16.9 Å². The van der Waals surface area contributed by atoms with Crippen LogP contribution in [-0.2, 0) is 16.7 Å². The van der Waals surface area contributed by atoms with Crippen LogP contribution in [-0.4, -0.2) is 76.0 Å². The number of thiazole rings is 1. The Morgan fingerprint density at radius 2 is 1.68 bits per heavy atom. The minimum Gasteiger partial charge on any atom is -0.383 e. The second-order valence-corrected chi connectivity index (χ2v) is 12.4. The third-order valence-corrected chi connectivity index (χ3v) is 9.29. The first kappa shape index (κ1) is 29.6. The van der Waals surface area contributed by atoms with Crippen LogP contribution in [0.15, 0.2) is 58.3 Å². The van der Waals surface area contributed by atoms with Gasteiger partial charge in [0.2, 0.25) is 0 Å². The molecule has 41 heavy (non-hydrogen) atoms. The van der Waals surface area contributed by atoms with Gasteiger partial charge in [0, 0.05) is 77.8 Å². The minimum atomic E-state index is -0.673. The molecule has 1 aliphatic heterocycles. The van der Waals surface area contributed by atoms with Gasteiger partial charge in [-0.15, -0.1) is 11.3 Å². The van der Waals surface area contributed by atoms with E-state index >= 15 is 0 Å². The fourth-order valence-electron chi connectivity index (χ4n) is 5.07. The van der Waals surface area contributed by atoms with E-state index in [0.29, 0.717) is 21.3 Å². The zero-order valence-electron chi connectivity index (χ0n) is 23.2. The highest BCUT2D eigenvalue weighted by atomic mass is 35.5. The maximum absolute atomic E-state index is 12.3. The molecule has 3 heterocycles. The molecule has 0 saturated carbocycles. The smallest absolute Gasteiger partial charge is 0.349 e. The topological polar surface area (TPSA) is 96.4 Å². The third kappa shape index (κ3) is 6.48. The second kappa shape index (κ2) is 12.6. The largest absolute Gasteiger partial charge is 0.383 e. The van der Waals surface area contributed by atoms with Gasteiger partial charge in [-0.05, 0) is 26.0 Å². The summed E-state index contributed by atoms with van der Waals surface area (Å²) in [7, 11) is 1.74. The van der Waals surface area contributed by atoms with E-state index in [4.69, 9.17) is 32.9 Å². The van der Waals surface area contributed by atoms with Crippen molar-refractivity contribution in [2.24, 2.45) is 0 Å². The number of H-pyrrole nitrogens is 1. The highest BCUT2D eigenvalue weighted by Crippen LogP contribution is 2.44. The lowest BCUT2D eigenvalue weighted by Crippen LogP contribution is -2.46. The number of nitrogens with one attached hydrogen (secondary N) is 1. The molecule has 2 aromatic heterocycles. The van der Waals surface area contributed by atoms with Gasteiger partial charge in [0.15, 0.2) is 0 Å². The molecule has 0 unspecified atom stereocenters. The number of nitrogens with zero attached hydrogens (tertiary/aromatic N) is 5. The van der Waals surface area contributed by atoms with E-state index < -0.39 is 16.7 Å². The number of aromatic nitrogens is 4. The summed E-state index contributed by atoms with van der Waals surface area (Å²) in [5.74, 6) is 0. The number of benzene rings is 2. The summed E-state index contributed by atoms with van der Waals surface area (Å²) in [6, 6.07) is 13.5. The molecule has 216 valence electrons. The van der Waals surface area contributed by atoms with Crippen molar-refractivity contribution in [3.05, 3.63) is 95.0 Å². The van der Waals surface area contributed by atoms with Gasteiger partial charge in [-0.1, -0.05) is 53.5 Å². The summed E-state index contributed by atoms with van der Waals surface area (Å²) >= 11 is 15.3. The number of ether oxygens (including phenoxy) is 1. The highest BCUT2D eigenvalue weighted by molar-refractivity contribution is 7.12. The van der Waals surface area contributed by atoms with Gasteiger partial charge in [0.05, 0.1) is 18.0 Å². The lowest BCUT2D eigenvalue weighted by atomic mass is 9.85. The molecule has 5 rings (SSSR count). The molecule has 2 aromatic carbocycles. The zero-order chi connectivity index (χ0) is 29.1. The molecule has 0 aliphatic carbocycles. The van der Waals surface area contributed by atoms with Gasteiger partial charge in [0.1, 0.15) is 11.2 Å². The molecule has 0 radical (unpaired) electrons. The molecule has 1 fully saturated rings. The van der Waals surface area contributed by atoms with Crippen LogP contribution in [0, 0.1) is 0 Å². The molecule has 1 N–H and O–H groups in total. The number of aromatic amines is 1. The van der Waals surface area contributed by atoms with Crippen LogP contribution in [0.3, 0.4) is 0 Å². The molecular weight excluding hydrogens is 583 g/mol. The Labute approximate surface area is 252 Å². The van der Waals surface area contributed by atoms with Gasteiger partial charge in [-0.25, -0.2) is 9.78 Å². The number of hydrogen-bond acceptors (Lipinski definition) is 8. The fraction of sp³-hybridized carbons (Fsp3) is 0.379. The Morgan fingerprint density at radius 3 is 2.32 bits per heavy atom. The van der Waals surface area contributed by atoms with Crippen LogP contribution in [0.2, 0.25) is 10.0 Å². The van der Waals surface area contributed by atoms with Gasteiger partial charge in [-0.3, -0.25) is 19.6 Å². The normalized spacial score (nSPS) is 15.0. The summed E-state index contributed by atoms with van der Waals surface area (Å²) in [5.41, 5.74) is 1.20. The number of hydrogen-bond donors (Lipinski definition) is 1. The fourth-order valence-corrected chi connectivity index (χ4v) is 7.25. The summed E-state index contributed by atoms with van der Waals surface area (Å²) < 4.78 is 6.30.